The van der Waals surface area contributed by atoms with E-state index in [1.807, 2.05) is 0 Å². The van der Waals surface area contributed by atoms with Gasteiger partial charge in [0.1, 0.15) is 0 Å². The Morgan fingerprint density at radius 2 is 1.74 bits per heavy atom. The third kappa shape index (κ3) is 3.92. The third-order valence-electron chi connectivity index (χ3n) is 5.00. The molecule has 1 heterocycles. The fraction of sp³-hybridized carbons (Fsp3) is 0.579. The van der Waals surface area contributed by atoms with Crippen molar-refractivity contribution in [3.63, 3.8) is 0 Å². The molecule has 0 aliphatic carbocycles. The SMILES string of the molecule is CC(C)c1ccc(C(C)CC(=O)N2CCC(C)(C(=O)O)C2)cc1. The molecule has 23 heavy (non-hydrogen) atoms. The lowest BCUT2D eigenvalue weighted by Crippen LogP contribution is -2.35. The molecule has 4 nitrogen and oxygen atoms in total. The van der Waals surface area contributed by atoms with Gasteiger partial charge in [-0.15, -0.1) is 0 Å². The first-order valence-corrected chi connectivity index (χ1v) is 8.34. The second-order valence-corrected chi connectivity index (χ2v) is 7.36. The van der Waals surface area contributed by atoms with Crippen LogP contribution >= 0.6 is 0 Å². The smallest absolute Gasteiger partial charge is 0.311 e. The number of carboxylic acid groups (broad SMARTS) is 1. The Hall–Kier alpha value is -1.84. The zero-order valence-electron chi connectivity index (χ0n) is 14.5. The summed E-state index contributed by atoms with van der Waals surface area (Å²) in [4.78, 5) is 25.4. The first kappa shape index (κ1) is 17.5. The standard InChI is InChI=1S/C19H27NO3/c1-13(2)15-5-7-16(8-6-15)14(3)11-17(21)20-10-9-19(4,12-20)18(22)23/h5-8,13-14H,9-12H2,1-4H3,(H,22,23). The average Bonchev–Trinajstić information content (AvgIpc) is 2.91. The molecule has 1 saturated heterocycles. The monoisotopic (exact) mass is 317 g/mol. The number of likely N-dealkylation sites (tertiary alicyclic amines) is 1. The number of amides is 1. The van der Waals surface area contributed by atoms with Gasteiger partial charge in [-0.3, -0.25) is 9.59 Å². The van der Waals surface area contributed by atoms with Gasteiger partial charge in [-0.1, -0.05) is 45.0 Å². The van der Waals surface area contributed by atoms with Crippen LogP contribution in [0.1, 0.15) is 63.5 Å². The molecule has 1 N–H and O–H groups in total. The molecule has 126 valence electrons. The van der Waals surface area contributed by atoms with Gasteiger partial charge in [-0.2, -0.15) is 0 Å². The molecule has 4 heteroatoms. The van der Waals surface area contributed by atoms with Gasteiger partial charge >= 0.3 is 5.97 Å². The summed E-state index contributed by atoms with van der Waals surface area (Å²) in [5, 5.41) is 9.26. The summed E-state index contributed by atoms with van der Waals surface area (Å²) in [6.07, 6.45) is 0.961. The van der Waals surface area contributed by atoms with Crippen molar-refractivity contribution in [3.8, 4) is 0 Å². The summed E-state index contributed by atoms with van der Waals surface area (Å²) in [7, 11) is 0. The highest BCUT2D eigenvalue weighted by Crippen LogP contribution is 2.31. The lowest BCUT2D eigenvalue weighted by atomic mass is 9.90. The lowest BCUT2D eigenvalue weighted by molar-refractivity contribution is -0.147. The van der Waals surface area contributed by atoms with Crippen LogP contribution in [0.25, 0.3) is 0 Å². The van der Waals surface area contributed by atoms with Crippen molar-refractivity contribution in [3.05, 3.63) is 35.4 Å². The van der Waals surface area contributed by atoms with Crippen LogP contribution in [0.3, 0.4) is 0 Å². The quantitative estimate of drug-likeness (QED) is 0.902. The Kier molecular flexibility index (Phi) is 5.12. The van der Waals surface area contributed by atoms with E-state index in [-0.39, 0.29) is 11.8 Å². The van der Waals surface area contributed by atoms with Gasteiger partial charge in [0.05, 0.1) is 5.41 Å². The minimum atomic E-state index is -0.815. The predicted molar refractivity (Wildman–Crippen MR) is 90.5 cm³/mol. The van der Waals surface area contributed by atoms with Crippen molar-refractivity contribution in [2.75, 3.05) is 13.1 Å². The maximum atomic E-state index is 12.4. The van der Waals surface area contributed by atoms with E-state index in [0.29, 0.717) is 31.8 Å². The van der Waals surface area contributed by atoms with Crippen molar-refractivity contribution in [1.82, 2.24) is 4.90 Å². The molecule has 1 aromatic rings. The third-order valence-corrected chi connectivity index (χ3v) is 5.00. The molecule has 2 rings (SSSR count). The molecule has 1 fully saturated rings. The molecule has 0 spiro atoms. The molecular formula is C19H27NO3. The highest BCUT2D eigenvalue weighted by atomic mass is 16.4. The molecule has 1 aliphatic heterocycles. The minimum absolute atomic E-state index is 0.0513. The number of aliphatic carboxylic acids is 1. The van der Waals surface area contributed by atoms with E-state index in [2.05, 4.69) is 45.0 Å². The van der Waals surface area contributed by atoms with Crippen LogP contribution in [0.2, 0.25) is 0 Å². The van der Waals surface area contributed by atoms with E-state index in [0.717, 1.165) is 5.56 Å². The summed E-state index contributed by atoms with van der Waals surface area (Å²) in [6, 6.07) is 8.44. The maximum absolute atomic E-state index is 12.4. The Labute approximate surface area is 138 Å². The summed E-state index contributed by atoms with van der Waals surface area (Å²) in [6.45, 7) is 8.95. The molecule has 2 unspecified atom stereocenters. The Morgan fingerprint density at radius 1 is 1.17 bits per heavy atom. The van der Waals surface area contributed by atoms with Crippen LogP contribution < -0.4 is 0 Å². The van der Waals surface area contributed by atoms with E-state index in [9.17, 15) is 14.7 Å². The van der Waals surface area contributed by atoms with Crippen LogP contribution in [0.15, 0.2) is 24.3 Å². The number of benzene rings is 1. The number of rotatable bonds is 5. The Bertz CT molecular complexity index is 579. The molecule has 0 saturated carbocycles. The van der Waals surface area contributed by atoms with Gasteiger partial charge in [-0.25, -0.2) is 0 Å². The molecule has 0 aromatic heterocycles. The summed E-state index contributed by atoms with van der Waals surface area (Å²) in [5.41, 5.74) is 1.66. The predicted octanol–water partition coefficient (Wildman–Crippen LogP) is 3.63. The van der Waals surface area contributed by atoms with Crippen LogP contribution in [0.5, 0.6) is 0 Å². The largest absolute Gasteiger partial charge is 0.481 e. The highest BCUT2D eigenvalue weighted by molar-refractivity contribution is 5.81. The first-order chi connectivity index (χ1) is 10.7. The molecule has 0 radical (unpaired) electrons. The number of nitrogens with zero attached hydrogens (tertiary/aromatic N) is 1. The maximum Gasteiger partial charge on any atom is 0.311 e. The fourth-order valence-corrected chi connectivity index (χ4v) is 3.07. The number of hydrogen-bond acceptors (Lipinski definition) is 2. The molecule has 1 amide bonds. The van der Waals surface area contributed by atoms with Crippen LogP contribution in [-0.2, 0) is 9.59 Å². The second-order valence-electron chi connectivity index (χ2n) is 7.36. The van der Waals surface area contributed by atoms with Gasteiger partial charge in [0.25, 0.3) is 0 Å². The summed E-state index contributed by atoms with van der Waals surface area (Å²) in [5.74, 6) is -0.125. The summed E-state index contributed by atoms with van der Waals surface area (Å²) < 4.78 is 0. The summed E-state index contributed by atoms with van der Waals surface area (Å²) >= 11 is 0. The van der Waals surface area contributed by atoms with Crippen LogP contribution in [0, 0.1) is 5.41 Å². The van der Waals surface area contributed by atoms with Gasteiger partial charge in [-0.05, 0) is 36.3 Å². The zero-order chi connectivity index (χ0) is 17.2. The van der Waals surface area contributed by atoms with E-state index >= 15 is 0 Å². The number of carbonyl (C=O) groups is 2. The minimum Gasteiger partial charge on any atom is -0.481 e. The van der Waals surface area contributed by atoms with Gasteiger partial charge < -0.3 is 10.0 Å². The Balaban J connectivity index is 1.96. The molecular weight excluding hydrogens is 290 g/mol. The van der Waals surface area contributed by atoms with Crippen molar-refractivity contribution >= 4 is 11.9 Å². The van der Waals surface area contributed by atoms with Gasteiger partial charge in [0.15, 0.2) is 0 Å². The van der Waals surface area contributed by atoms with E-state index < -0.39 is 11.4 Å². The van der Waals surface area contributed by atoms with Crippen molar-refractivity contribution in [2.24, 2.45) is 5.41 Å². The van der Waals surface area contributed by atoms with E-state index in [4.69, 9.17) is 0 Å². The topological polar surface area (TPSA) is 57.6 Å². The first-order valence-electron chi connectivity index (χ1n) is 8.34. The number of carbonyl (C=O) groups excluding carboxylic acids is 1. The van der Waals surface area contributed by atoms with Crippen LogP contribution in [-0.4, -0.2) is 35.0 Å². The highest BCUT2D eigenvalue weighted by Gasteiger charge is 2.42. The number of carboxylic acids is 1. The lowest BCUT2D eigenvalue weighted by Gasteiger charge is -2.22. The van der Waals surface area contributed by atoms with Crippen LogP contribution in [0.4, 0.5) is 0 Å². The second kappa shape index (κ2) is 6.73. The molecule has 2 atom stereocenters. The molecule has 0 bridgehead atoms. The van der Waals surface area contributed by atoms with Crippen molar-refractivity contribution < 1.29 is 14.7 Å². The van der Waals surface area contributed by atoms with Gasteiger partial charge in [0, 0.05) is 19.5 Å². The van der Waals surface area contributed by atoms with E-state index in [1.54, 1.807) is 11.8 Å². The Morgan fingerprint density at radius 3 is 2.22 bits per heavy atom. The van der Waals surface area contributed by atoms with Gasteiger partial charge in [0.2, 0.25) is 5.91 Å². The normalized spacial score (nSPS) is 22.4. The average molecular weight is 317 g/mol. The number of hydrogen-bond donors (Lipinski definition) is 1. The molecule has 1 aliphatic rings. The van der Waals surface area contributed by atoms with Crippen molar-refractivity contribution in [2.45, 2.75) is 52.4 Å². The zero-order valence-corrected chi connectivity index (χ0v) is 14.5. The fourth-order valence-electron chi connectivity index (χ4n) is 3.07. The van der Waals surface area contributed by atoms with E-state index in [1.165, 1.54) is 5.56 Å². The van der Waals surface area contributed by atoms with Crippen molar-refractivity contribution in [1.29, 1.82) is 0 Å². The molecule has 1 aromatic carbocycles.